The summed E-state index contributed by atoms with van der Waals surface area (Å²) >= 11 is 3.16. The second-order valence-electron chi connectivity index (χ2n) is 4.19. The third kappa shape index (κ3) is 3.43. The number of anilines is 1. The molecule has 0 aliphatic rings. The number of hydrogen-bond acceptors (Lipinski definition) is 4. The normalized spacial score (nSPS) is 12.2. The van der Waals surface area contributed by atoms with Crippen LogP contribution in [0, 0.1) is 16.0 Å². The van der Waals surface area contributed by atoms with E-state index in [2.05, 4.69) is 21.2 Å². The number of primary amides is 1. The van der Waals surface area contributed by atoms with Gasteiger partial charge in [0, 0.05) is 10.5 Å². The van der Waals surface area contributed by atoms with Crippen LogP contribution in [-0.4, -0.2) is 16.9 Å². The van der Waals surface area contributed by atoms with Crippen LogP contribution in [0.2, 0.25) is 0 Å². The Kier molecular flexibility index (Phi) is 4.66. The second-order valence-corrected chi connectivity index (χ2v) is 5.10. The van der Waals surface area contributed by atoms with Gasteiger partial charge < -0.3 is 11.1 Å². The number of nitrogens with zero attached hydrogens (tertiary/aromatic N) is 1. The topological polar surface area (TPSA) is 98.3 Å². The molecule has 0 saturated heterocycles. The Bertz CT molecular complexity index is 477. The van der Waals surface area contributed by atoms with Gasteiger partial charge in [-0.1, -0.05) is 29.8 Å². The maximum atomic E-state index is 11.3. The fourth-order valence-electron chi connectivity index (χ4n) is 1.51. The van der Waals surface area contributed by atoms with E-state index in [1.807, 2.05) is 13.8 Å². The van der Waals surface area contributed by atoms with Crippen molar-refractivity contribution < 1.29 is 9.72 Å². The number of carbonyl (C=O) groups is 1. The molecular formula is C11H14BrN3O3. The lowest BCUT2D eigenvalue weighted by Gasteiger charge is -2.20. The highest BCUT2D eigenvalue weighted by atomic mass is 79.9. The van der Waals surface area contributed by atoms with Crippen LogP contribution < -0.4 is 11.1 Å². The van der Waals surface area contributed by atoms with Crippen LogP contribution in [0.3, 0.4) is 0 Å². The Labute approximate surface area is 113 Å². The van der Waals surface area contributed by atoms with Crippen LogP contribution >= 0.6 is 15.9 Å². The molecule has 0 heterocycles. The summed E-state index contributed by atoms with van der Waals surface area (Å²) in [6.07, 6.45) is 0. The van der Waals surface area contributed by atoms with E-state index in [0.29, 0.717) is 4.47 Å². The largest absolute Gasteiger partial charge is 0.368 e. The van der Waals surface area contributed by atoms with Gasteiger partial charge in [-0.25, -0.2) is 0 Å². The van der Waals surface area contributed by atoms with Gasteiger partial charge in [-0.15, -0.1) is 0 Å². The lowest BCUT2D eigenvalue weighted by molar-refractivity contribution is -0.384. The summed E-state index contributed by atoms with van der Waals surface area (Å²) in [5, 5.41) is 13.7. The molecule has 98 valence electrons. The smallest absolute Gasteiger partial charge is 0.293 e. The van der Waals surface area contributed by atoms with Crippen LogP contribution in [0.4, 0.5) is 11.4 Å². The first-order valence-corrected chi connectivity index (χ1v) is 6.12. The minimum atomic E-state index is -0.648. The van der Waals surface area contributed by atoms with Crippen molar-refractivity contribution in [2.45, 2.75) is 19.9 Å². The molecule has 3 N–H and O–H groups in total. The summed E-state index contributed by atoms with van der Waals surface area (Å²) in [4.78, 5) is 21.7. The summed E-state index contributed by atoms with van der Waals surface area (Å²) in [5.41, 5.74) is 5.44. The maximum absolute atomic E-state index is 11.3. The Morgan fingerprint density at radius 2 is 2.11 bits per heavy atom. The van der Waals surface area contributed by atoms with E-state index < -0.39 is 16.9 Å². The fraction of sp³-hybridized carbons (Fsp3) is 0.364. The number of rotatable bonds is 5. The van der Waals surface area contributed by atoms with Gasteiger partial charge in [0.05, 0.1) is 4.92 Å². The van der Waals surface area contributed by atoms with Gasteiger partial charge in [0.15, 0.2) is 0 Å². The number of nitrogens with two attached hydrogens (primary N) is 1. The van der Waals surface area contributed by atoms with Crippen molar-refractivity contribution in [2.75, 3.05) is 5.32 Å². The zero-order chi connectivity index (χ0) is 13.9. The van der Waals surface area contributed by atoms with Gasteiger partial charge in [-0.3, -0.25) is 14.9 Å². The minimum absolute atomic E-state index is 0.0641. The third-order valence-corrected chi connectivity index (χ3v) is 2.93. The summed E-state index contributed by atoms with van der Waals surface area (Å²) in [5.74, 6) is -0.604. The Morgan fingerprint density at radius 1 is 1.50 bits per heavy atom. The average molecular weight is 316 g/mol. The first-order chi connectivity index (χ1) is 8.32. The molecule has 1 rings (SSSR count). The summed E-state index contributed by atoms with van der Waals surface area (Å²) in [6, 6.07) is 3.93. The second kappa shape index (κ2) is 5.81. The van der Waals surface area contributed by atoms with Crippen LogP contribution in [0.1, 0.15) is 13.8 Å². The number of nitro benzene ring substituents is 1. The van der Waals surface area contributed by atoms with Gasteiger partial charge in [0.25, 0.3) is 5.69 Å². The number of benzene rings is 1. The molecule has 0 saturated carbocycles. The molecule has 1 aromatic rings. The van der Waals surface area contributed by atoms with E-state index in [0.717, 1.165) is 0 Å². The van der Waals surface area contributed by atoms with Crippen LogP contribution in [0.5, 0.6) is 0 Å². The zero-order valence-electron chi connectivity index (χ0n) is 10.0. The molecular weight excluding hydrogens is 302 g/mol. The van der Waals surface area contributed by atoms with Crippen molar-refractivity contribution in [1.29, 1.82) is 0 Å². The van der Waals surface area contributed by atoms with Crippen molar-refractivity contribution in [2.24, 2.45) is 11.7 Å². The standard InChI is InChI=1S/C11H14BrN3O3/c1-6(2)10(11(13)16)14-8-4-3-7(12)5-9(8)15(17)18/h3-6,10,14H,1-2H3,(H2,13,16). The molecule has 0 radical (unpaired) electrons. The summed E-state index contributed by atoms with van der Waals surface area (Å²) in [7, 11) is 0. The predicted molar refractivity (Wildman–Crippen MR) is 72.2 cm³/mol. The molecule has 1 amide bonds. The molecule has 18 heavy (non-hydrogen) atoms. The highest BCUT2D eigenvalue weighted by Gasteiger charge is 2.23. The highest BCUT2D eigenvalue weighted by Crippen LogP contribution is 2.29. The molecule has 1 aromatic carbocycles. The average Bonchev–Trinajstić information content (AvgIpc) is 2.25. The predicted octanol–water partition coefficient (Wildman–Crippen LogP) is 2.28. The van der Waals surface area contributed by atoms with Crippen molar-refractivity contribution in [1.82, 2.24) is 0 Å². The number of halogens is 1. The van der Waals surface area contributed by atoms with Crippen molar-refractivity contribution in [3.63, 3.8) is 0 Å². The molecule has 0 spiro atoms. The van der Waals surface area contributed by atoms with E-state index in [1.54, 1.807) is 12.1 Å². The first kappa shape index (κ1) is 14.4. The number of nitrogens with one attached hydrogen (secondary N) is 1. The summed E-state index contributed by atoms with van der Waals surface area (Å²) < 4.78 is 0.597. The number of nitro groups is 1. The number of amides is 1. The van der Waals surface area contributed by atoms with E-state index >= 15 is 0 Å². The molecule has 1 atom stereocenters. The maximum Gasteiger partial charge on any atom is 0.293 e. The molecule has 6 nitrogen and oxygen atoms in total. The molecule has 7 heteroatoms. The van der Waals surface area contributed by atoms with Crippen molar-refractivity contribution in [3.8, 4) is 0 Å². The van der Waals surface area contributed by atoms with E-state index in [1.165, 1.54) is 6.07 Å². The highest BCUT2D eigenvalue weighted by molar-refractivity contribution is 9.10. The van der Waals surface area contributed by atoms with Gasteiger partial charge >= 0.3 is 0 Å². The van der Waals surface area contributed by atoms with Crippen LogP contribution in [0.15, 0.2) is 22.7 Å². The number of hydrogen-bond donors (Lipinski definition) is 2. The molecule has 0 aliphatic heterocycles. The zero-order valence-corrected chi connectivity index (χ0v) is 11.6. The van der Waals surface area contributed by atoms with Gasteiger partial charge in [0.2, 0.25) is 5.91 Å². The molecule has 1 unspecified atom stereocenters. The molecule has 0 aliphatic carbocycles. The Hall–Kier alpha value is -1.63. The van der Waals surface area contributed by atoms with Crippen LogP contribution in [0.25, 0.3) is 0 Å². The van der Waals surface area contributed by atoms with E-state index in [4.69, 9.17) is 5.73 Å². The lowest BCUT2D eigenvalue weighted by Crippen LogP contribution is -2.39. The molecule has 0 aromatic heterocycles. The lowest BCUT2D eigenvalue weighted by atomic mass is 10.0. The fourth-order valence-corrected chi connectivity index (χ4v) is 1.86. The number of carbonyl (C=O) groups excluding carboxylic acids is 1. The van der Waals surface area contributed by atoms with Crippen molar-refractivity contribution in [3.05, 3.63) is 32.8 Å². The Morgan fingerprint density at radius 3 is 2.56 bits per heavy atom. The monoisotopic (exact) mass is 315 g/mol. The third-order valence-electron chi connectivity index (χ3n) is 2.44. The SMILES string of the molecule is CC(C)C(Nc1ccc(Br)cc1[N+](=O)[O-])C(N)=O. The van der Waals surface area contributed by atoms with Crippen molar-refractivity contribution >= 4 is 33.2 Å². The Balaban J connectivity index is 3.10. The molecule has 0 fully saturated rings. The molecule has 0 bridgehead atoms. The quantitative estimate of drug-likeness (QED) is 0.643. The van der Waals surface area contributed by atoms with E-state index in [9.17, 15) is 14.9 Å². The van der Waals surface area contributed by atoms with Crippen LogP contribution in [-0.2, 0) is 4.79 Å². The van der Waals surface area contributed by atoms with Gasteiger partial charge in [-0.05, 0) is 18.1 Å². The van der Waals surface area contributed by atoms with Gasteiger partial charge in [-0.2, -0.15) is 0 Å². The van der Waals surface area contributed by atoms with Gasteiger partial charge in [0.1, 0.15) is 11.7 Å². The minimum Gasteiger partial charge on any atom is -0.368 e. The van der Waals surface area contributed by atoms with E-state index in [-0.39, 0.29) is 17.3 Å². The summed E-state index contributed by atoms with van der Waals surface area (Å²) in [6.45, 7) is 3.63. The first-order valence-electron chi connectivity index (χ1n) is 5.32.